The van der Waals surface area contributed by atoms with Crippen LogP contribution in [0.15, 0.2) is 77.7 Å². The van der Waals surface area contributed by atoms with Crippen LogP contribution in [0.3, 0.4) is 0 Å². The summed E-state index contributed by atoms with van der Waals surface area (Å²) in [7, 11) is -4.00. The molecule has 5 heteroatoms. The number of rotatable bonds is 1. The van der Waals surface area contributed by atoms with Gasteiger partial charge in [0, 0.05) is 5.39 Å². The second kappa shape index (κ2) is 6.39. The van der Waals surface area contributed by atoms with Crippen LogP contribution in [0.25, 0.3) is 10.8 Å². The van der Waals surface area contributed by atoms with Crippen molar-refractivity contribution in [3.8, 4) is 5.75 Å². The molecule has 3 aromatic rings. The van der Waals surface area contributed by atoms with Crippen LogP contribution in [0, 0.1) is 0 Å². The van der Waals surface area contributed by atoms with Crippen molar-refractivity contribution in [2.24, 2.45) is 0 Å². The van der Waals surface area contributed by atoms with Gasteiger partial charge in [-0.05, 0) is 23.6 Å². The minimum absolute atomic E-state index is 0.0741. The zero-order chi connectivity index (χ0) is 15.3. The highest BCUT2D eigenvalue weighted by Gasteiger charge is 2.05. The first kappa shape index (κ1) is 15.0. The summed E-state index contributed by atoms with van der Waals surface area (Å²) in [5, 5.41) is 11.4. The van der Waals surface area contributed by atoms with Gasteiger partial charge >= 0.3 is 0 Å². The molecule has 0 atom stereocenters. The topological polar surface area (TPSA) is 74.6 Å². The first-order valence-electron chi connectivity index (χ1n) is 6.18. The Kier molecular flexibility index (Phi) is 4.57. The van der Waals surface area contributed by atoms with Crippen LogP contribution in [-0.4, -0.2) is 18.1 Å². The summed E-state index contributed by atoms with van der Waals surface area (Å²) in [4.78, 5) is -0.0741. The molecule has 0 amide bonds. The maximum Gasteiger partial charge on any atom is 0.294 e. The lowest BCUT2D eigenvalue weighted by Crippen LogP contribution is -1.96. The number of hydrogen-bond donors (Lipinski definition) is 2. The predicted octanol–water partition coefficient (Wildman–Crippen LogP) is 3.48. The summed E-state index contributed by atoms with van der Waals surface area (Å²) in [6.07, 6.45) is 0. The third-order valence-electron chi connectivity index (χ3n) is 2.81. The minimum Gasteiger partial charge on any atom is -0.507 e. The molecule has 3 aromatic carbocycles. The SMILES string of the molecule is O=S(=O)(O)c1ccccc1.Oc1cccc2ccccc12. The van der Waals surface area contributed by atoms with Crippen LogP contribution in [-0.2, 0) is 10.1 Å². The molecular weight excluding hydrogens is 288 g/mol. The van der Waals surface area contributed by atoms with Gasteiger partial charge in [0.1, 0.15) is 5.75 Å². The molecular formula is C16H14O4S. The van der Waals surface area contributed by atoms with E-state index in [1.807, 2.05) is 36.4 Å². The molecule has 0 spiro atoms. The van der Waals surface area contributed by atoms with E-state index in [0.717, 1.165) is 10.8 Å². The fourth-order valence-corrected chi connectivity index (χ4v) is 2.30. The van der Waals surface area contributed by atoms with Gasteiger partial charge < -0.3 is 5.11 Å². The molecule has 0 fully saturated rings. The van der Waals surface area contributed by atoms with E-state index in [2.05, 4.69) is 0 Å². The van der Waals surface area contributed by atoms with Gasteiger partial charge in [0.25, 0.3) is 10.1 Å². The van der Waals surface area contributed by atoms with Crippen LogP contribution in [0.4, 0.5) is 0 Å². The first-order valence-corrected chi connectivity index (χ1v) is 7.62. The molecule has 0 saturated heterocycles. The van der Waals surface area contributed by atoms with E-state index in [1.165, 1.54) is 12.1 Å². The van der Waals surface area contributed by atoms with Gasteiger partial charge in [-0.15, -0.1) is 0 Å². The van der Waals surface area contributed by atoms with E-state index in [-0.39, 0.29) is 4.90 Å². The second-order valence-corrected chi connectivity index (χ2v) is 5.71. The molecule has 0 bridgehead atoms. The monoisotopic (exact) mass is 302 g/mol. The Hall–Kier alpha value is -2.37. The van der Waals surface area contributed by atoms with Crippen LogP contribution in [0.1, 0.15) is 0 Å². The lowest BCUT2D eigenvalue weighted by atomic mass is 10.1. The van der Waals surface area contributed by atoms with Crippen LogP contribution in [0.2, 0.25) is 0 Å². The fourth-order valence-electron chi connectivity index (χ4n) is 1.80. The lowest BCUT2D eigenvalue weighted by molar-refractivity contribution is 0.481. The average molecular weight is 302 g/mol. The van der Waals surface area contributed by atoms with Crippen molar-refractivity contribution >= 4 is 20.9 Å². The molecule has 0 heterocycles. The molecule has 4 nitrogen and oxygen atoms in total. The maximum atomic E-state index is 10.4. The lowest BCUT2D eigenvalue weighted by Gasteiger charge is -1.97. The third kappa shape index (κ3) is 4.05. The van der Waals surface area contributed by atoms with Crippen LogP contribution >= 0.6 is 0 Å². The number of aromatic hydroxyl groups is 1. The molecule has 0 saturated carbocycles. The molecule has 108 valence electrons. The van der Waals surface area contributed by atoms with Gasteiger partial charge in [-0.3, -0.25) is 4.55 Å². The van der Waals surface area contributed by atoms with Crippen molar-refractivity contribution in [2.45, 2.75) is 4.90 Å². The highest BCUT2D eigenvalue weighted by Crippen LogP contribution is 2.22. The molecule has 0 unspecified atom stereocenters. The molecule has 0 aliphatic heterocycles. The van der Waals surface area contributed by atoms with Crippen molar-refractivity contribution in [3.05, 3.63) is 72.8 Å². The summed E-state index contributed by atoms with van der Waals surface area (Å²) in [5.74, 6) is 0.350. The van der Waals surface area contributed by atoms with E-state index in [1.54, 1.807) is 24.3 Å². The maximum absolute atomic E-state index is 10.4. The number of phenolic OH excluding ortho intramolecular Hbond substituents is 1. The van der Waals surface area contributed by atoms with E-state index in [9.17, 15) is 13.5 Å². The molecule has 2 N–H and O–H groups in total. The Bertz CT molecular complexity index is 822. The van der Waals surface area contributed by atoms with E-state index in [0.29, 0.717) is 5.75 Å². The van der Waals surface area contributed by atoms with E-state index < -0.39 is 10.1 Å². The summed E-state index contributed by atoms with van der Waals surface area (Å²) < 4.78 is 29.2. The van der Waals surface area contributed by atoms with Gasteiger partial charge in [-0.2, -0.15) is 8.42 Å². The molecule has 0 aliphatic rings. The van der Waals surface area contributed by atoms with Crippen molar-refractivity contribution < 1.29 is 18.1 Å². The highest BCUT2D eigenvalue weighted by molar-refractivity contribution is 7.85. The summed E-state index contributed by atoms with van der Waals surface area (Å²) in [5.41, 5.74) is 0. The highest BCUT2D eigenvalue weighted by atomic mass is 32.2. The van der Waals surface area contributed by atoms with Gasteiger partial charge in [-0.1, -0.05) is 54.6 Å². The fraction of sp³-hybridized carbons (Fsp3) is 0. The zero-order valence-electron chi connectivity index (χ0n) is 11.0. The number of phenols is 1. The number of fused-ring (bicyclic) bond motifs is 1. The minimum atomic E-state index is -4.00. The van der Waals surface area contributed by atoms with Crippen molar-refractivity contribution in [2.75, 3.05) is 0 Å². The quantitative estimate of drug-likeness (QED) is 0.675. The van der Waals surface area contributed by atoms with Crippen molar-refractivity contribution in [3.63, 3.8) is 0 Å². The molecule has 0 aliphatic carbocycles. The zero-order valence-corrected chi connectivity index (χ0v) is 11.9. The average Bonchev–Trinajstić information content (AvgIpc) is 2.49. The van der Waals surface area contributed by atoms with Gasteiger partial charge in [0.05, 0.1) is 4.90 Å². The summed E-state index contributed by atoms with van der Waals surface area (Å²) >= 11 is 0. The normalized spacial score (nSPS) is 10.7. The largest absolute Gasteiger partial charge is 0.507 e. The summed E-state index contributed by atoms with van der Waals surface area (Å²) in [6.45, 7) is 0. The van der Waals surface area contributed by atoms with Gasteiger partial charge in [-0.25, -0.2) is 0 Å². The molecule has 0 radical (unpaired) electrons. The van der Waals surface area contributed by atoms with Crippen LogP contribution in [0.5, 0.6) is 5.75 Å². The standard InChI is InChI=1S/C10H8O.C6H6O3S/c11-10-7-3-5-8-4-1-2-6-9(8)10;7-10(8,9)6-4-2-1-3-5-6/h1-7,11H;1-5H,(H,7,8,9). The Morgan fingerprint density at radius 1 is 0.714 bits per heavy atom. The van der Waals surface area contributed by atoms with E-state index in [4.69, 9.17) is 4.55 Å². The summed E-state index contributed by atoms with van der Waals surface area (Å²) in [6, 6.07) is 20.7. The predicted molar refractivity (Wildman–Crippen MR) is 81.9 cm³/mol. The van der Waals surface area contributed by atoms with Crippen LogP contribution < -0.4 is 0 Å². The van der Waals surface area contributed by atoms with Gasteiger partial charge in [0.15, 0.2) is 0 Å². The molecule has 3 rings (SSSR count). The van der Waals surface area contributed by atoms with Crippen molar-refractivity contribution in [1.29, 1.82) is 0 Å². The third-order valence-corrected chi connectivity index (χ3v) is 3.68. The Morgan fingerprint density at radius 3 is 1.86 bits per heavy atom. The molecule has 0 aromatic heterocycles. The smallest absolute Gasteiger partial charge is 0.294 e. The Balaban J connectivity index is 0.000000155. The Labute approximate surface area is 123 Å². The first-order chi connectivity index (χ1) is 9.98. The van der Waals surface area contributed by atoms with Crippen molar-refractivity contribution in [1.82, 2.24) is 0 Å². The van der Waals surface area contributed by atoms with Gasteiger partial charge in [0.2, 0.25) is 0 Å². The Morgan fingerprint density at radius 2 is 1.29 bits per heavy atom. The molecule has 21 heavy (non-hydrogen) atoms. The van der Waals surface area contributed by atoms with E-state index >= 15 is 0 Å². The number of benzene rings is 3. The number of hydrogen-bond acceptors (Lipinski definition) is 3. The second-order valence-electron chi connectivity index (χ2n) is 4.29.